The summed E-state index contributed by atoms with van der Waals surface area (Å²) in [6, 6.07) is 21.8. The SMILES string of the molecule is Cc1ccc(CCn2c3c(c4cc(Cl)ccc42)CN(C)CC3)cn1.Cc1ccc2c(c1)c1c(n2CCc2ccc(C)nc2)CCN(C)C1. The fourth-order valence-corrected chi connectivity index (χ4v) is 7.71. The number of hydrogen-bond acceptors (Lipinski definition) is 4. The summed E-state index contributed by atoms with van der Waals surface area (Å²) in [7, 11) is 4.41. The molecule has 0 atom stereocenters. The number of aryl methyl sites for hydroxylation is 7. The average Bonchev–Trinajstić information content (AvgIpc) is 3.54. The molecule has 0 aliphatic carbocycles. The molecular weight excluding hydrogens is 612 g/mol. The normalized spacial score (nSPS) is 15.0. The first-order chi connectivity index (χ1) is 23.2. The van der Waals surface area contributed by atoms with Crippen molar-refractivity contribution in [1.82, 2.24) is 28.9 Å². The summed E-state index contributed by atoms with van der Waals surface area (Å²) in [5.41, 5.74) is 14.8. The van der Waals surface area contributed by atoms with Crippen LogP contribution in [0, 0.1) is 20.8 Å². The molecule has 0 spiro atoms. The molecule has 2 aliphatic rings. The Hall–Kier alpha value is -3.97. The van der Waals surface area contributed by atoms with Crippen LogP contribution in [0.5, 0.6) is 0 Å². The topological polar surface area (TPSA) is 42.1 Å². The molecule has 0 saturated heterocycles. The summed E-state index contributed by atoms with van der Waals surface area (Å²) in [6.07, 6.45) is 8.30. The molecule has 0 N–H and O–H groups in total. The molecule has 4 aromatic heterocycles. The maximum Gasteiger partial charge on any atom is 0.0487 e. The molecule has 48 heavy (non-hydrogen) atoms. The van der Waals surface area contributed by atoms with Crippen molar-refractivity contribution in [2.45, 2.75) is 72.6 Å². The zero-order valence-electron chi connectivity index (χ0n) is 29.1. The minimum absolute atomic E-state index is 0.818. The van der Waals surface area contributed by atoms with Crippen LogP contribution in [-0.4, -0.2) is 56.1 Å². The Labute approximate surface area is 290 Å². The van der Waals surface area contributed by atoms with E-state index in [1.54, 1.807) is 0 Å². The number of nitrogens with zero attached hydrogens (tertiary/aromatic N) is 6. The first-order valence-corrected chi connectivity index (χ1v) is 17.7. The number of benzene rings is 2. The molecule has 0 radical (unpaired) electrons. The van der Waals surface area contributed by atoms with E-state index in [9.17, 15) is 0 Å². The van der Waals surface area contributed by atoms with Gasteiger partial charge < -0.3 is 18.9 Å². The number of hydrogen-bond donors (Lipinski definition) is 0. The van der Waals surface area contributed by atoms with E-state index in [0.29, 0.717) is 0 Å². The second-order valence-electron chi connectivity index (χ2n) is 13.9. The van der Waals surface area contributed by atoms with Gasteiger partial charge in [0.15, 0.2) is 0 Å². The molecular formula is C41H47ClN6. The minimum atomic E-state index is 0.818. The molecule has 2 aromatic carbocycles. The highest BCUT2D eigenvalue weighted by molar-refractivity contribution is 6.31. The number of rotatable bonds is 6. The smallest absolute Gasteiger partial charge is 0.0487 e. The Kier molecular flexibility index (Phi) is 9.41. The Morgan fingerprint density at radius 2 is 1.12 bits per heavy atom. The lowest BCUT2D eigenvalue weighted by atomic mass is 10.0. The van der Waals surface area contributed by atoms with E-state index >= 15 is 0 Å². The third kappa shape index (κ3) is 6.80. The first kappa shape index (κ1) is 32.6. The minimum Gasteiger partial charge on any atom is -0.344 e. The Morgan fingerprint density at radius 3 is 1.62 bits per heavy atom. The molecule has 8 rings (SSSR count). The van der Waals surface area contributed by atoms with E-state index in [-0.39, 0.29) is 0 Å². The van der Waals surface area contributed by atoms with Crippen molar-refractivity contribution >= 4 is 33.4 Å². The van der Waals surface area contributed by atoms with E-state index in [1.807, 2.05) is 32.3 Å². The third-order valence-electron chi connectivity index (χ3n) is 10.2. The van der Waals surface area contributed by atoms with Crippen molar-refractivity contribution < 1.29 is 0 Å². The molecule has 6 heterocycles. The van der Waals surface area contributed by atoms with E-state index in [1.165, 1.54) is 61.0 Å². The van der Waals surface area contributed by atoms with Crippen LogP contribution in [0.15, 0.2) is 73.1 Å². The first-order valence-electron chi connectivity index (χ1n) is 17.3. The van der Waals surface area contributed by atoms with Crippen molar-refractivity contribution in [3.63, 3.8) is 0 Å². The zero-order valence-corrected chi connectivity index (χ0v) is 29.8. The molecule has 0 saturated carbocycles. The highest BCUT2D eigenvalue weighted by Gasteiger charge is 2.23. The summed E-state index contributed by atoms with van der Waals surface area (Å²) in [4.78, 5) is 13.7. The van der Waals surface area contributed by atoms with Gasteiger partial charge >= 0.3 is 0 Å². The number of aromatic nitrogens is 4. The Bertz CT molecular complexity index is 1900. The van der Waals surface area contributed by atoms with Crippen LogP contribution in [0.2, 0.25) is 5.02 Å². The molecule has 6 aromatic rings. The van der Waals surface area contributed by atoms with Gasteiger partial charge in [0, 0.05) is 114 Å². The van der Waals surface area contributed by atoms with Gasteiger partial charge in [-0.15, -0.1) is 0 Å². The van der Waals surface area contributed by atoms with Gasteiger partial charge in [0.1, 0.15) is 0 Å². The second kappa shape index (κ2) is 13.9. The van der Waals surface area contributed by atoms with Gasteiger partial charge in [0.25, 0.3) is 0 Å². The summed E-state index contributed by atoms with van der Waals surface area (Å²) in [6.45, 7) is 12.6. The molecule has 248 valence electrons. The van der Waals surface area contributed by atoms with E-state index in [4.69, 9.17) is 11.6 Å². The van der Waals surface area contributed by atoms with Crippen molar-refractivity contribution in [2.75, 3.05) is 27.2 Å². The van der Waals surface area contributed by atoms with Crippen molar-refractivity contribution in [3.8, 4) is 0 Å². The van der Waals surface area contributed by atoms with Crippen molar-refractivity contribution in [2.24, 2.45) is 0 Å². The Balaban J connectivity index is 0.000000152. The van der Waals surface area contributed by atoms with Crippen molar-refractivity contribution in [3.05, 3.63) is 129 Å². The van der Waals surface area contributed by atoms with Crippen LogP contribution < -0.4 is 0 Å². The highest BCUT2D eigenvalue weighted by atomic mass is 35.5. The van der Waals surface area contributed by atoms with Crippen LogP contribution in [0.4, 0.5) is 0 Å². The molecule has 7 heteroatoms. The monoisotopic (exact) mass is 658 g/mol. The largest absolute Gasteiger partial charge is 0.344 e. The maximum atomic E-state index is 6.26. The molecule has 0 bridgehead atoms. The van der Waals surface area contributed by atoms with Crippen LogP contribution in [0.3, 0.4) is 0 Å². The predicted molar refractivity (Wildman–Crippen MR) is 199 cm³/mol. The summed E-state index contributed by atoms with van der Waals surface area (Å²) >= 11 is 6.26. The van der Waals surface area contributed by atoms with E-state index in [0.717, 1.165) is 81.4 Å². The summed E-state index contributed by atoms with van der Waals surface area (Å²) in [5.74, 6) is 0. The third-order valence-corrected chi connectivity index (χ3v) is 10.4. The molecule has 2 aliphatic heterocycles. The number of halogens is 1. The molecule has 6 nitrogen and oxygen atoms in total. The maximum absolute atomic E-state index is 6.26. The van der Waals surface area contributed by atoms with Gasteiger partial charge in [-0.05, 0) is 112 Å². The number of pyridine rings is 2. The summed E-state index contributed by atoms with van der Waals surface area (Å²) < 4.78 is 5.05. The second-order valence-corrected chi connectivity index (χ2v) is 14.4. The standard InChI is InChI=1S/C21H25N3.C20H22ClN3/c1-15-4-7-20-18(12-15)19-14-23(3)10-9-21(19)24(20)11-8-17-6-5-16(2)22-13-17;1-14-3-4-15(12-22-14)7-10-24-19-6-5-16(21)11-17(19)18-13-23(2)9-8-20(18)24/h4-7,12-13H,8-11,14H2,1-3H3;3-6,11-12H,7-10,13H2,1-2H3. The molecule has 0 amide bonds. The van der Waals surface area contributed by atoms with Gasteiger partial charge in [-0.3, -0.25) is 9.97 Å². The van der Waals surface area contributed by atoms with Crippen LogP contribution in [-0.2, 0) is 51.9 Å². The van der Waals surface area contributed by atoms with Gasteiger partial charge in [0.05, 0.1) is 0 Å². The quantitative estimate of drug-likeness (QED) is 0.181. The summed E-state index contributed by atoms with van der Waals surface area (Å²) in [5, 5.41) is 3.57. The predicted octanol–water partition coefficient (Wildman–Crippen LogP) is 8.11. The van der Waals surface area contributed by atoms with Crippen LogP contribution in [0.25, 0.3) is 21.8 Å². The van der Waals surface area contributed by atoms with E-state index in [2.05, 4.69) is 105 Å². The van der Waals surface area contributed by atoms with Crippen LogP contribution >= 0.6 is 11.6 Å². The van der Waals surface area contributed by atoms with Crippen LogP contribution in [0.1, 0.15) is 50.6 Å². The van der Waals surface area contributed by atoms with Gasteiger partial charge in [0.2, 0.25) is 0 Å². The zero-order chi connectivity index (χ0) is 33.4. The lowest BCUT2D eigenvalue weighted by Crippen LogP contribution is -2.27. The fraction of sp³-hybridized carbons (Fsp3) is 0.366. The number of fused-ring (bicyclic) bond motifs is 6. The van der Waals surface area contributed by atoms with Gasteiger partial charge in [-0.25, -0.2) is 0 Å². The Morgan fingerprint density at radius 1 is 0.625 bits per heavy atom. The lowest BCUT2D eigenvalue weighted by molar-refractivity contribution is 0.309. The molecule has 0 unspecified atom stereocenters. The average molecular weight is 659 g/mol. The van der Waals surface area contributed by atoms with Crippen molar-refractivity contribution in [1.29, 1.82) is 0 Å². The highest BCUT2D eigenvalue weighted by Crippen LogP contribution is 2.33. The van der Waals surface area contributed by atoms with Gasteiger partial charge in [-0.2, -0.15) is 0 Å². The lowest BCUT2D eigenvalue weighted by Gasteiger charge is -2.24. The fourth-order valence-electron chi connectivity index (χ4n) is 7.54. The van der Waals surface area contributed by atoms with Gasteiger partial charge in [-0.1, -0.05) is 35.4 Å². The molecule has 0 fully saturated rings. The van der Waals surface area contributed by atoms with E-state index < -0.39 is 0 Å². The number of likely N-dealkylation sites (N-methyl/N-ethyl adjacent to an activating group) is 2.